The van der Waals surface area contributed by atoms with Crippen molar-refractivity contribution < 1.29 is 30.2 Å². The van der Waals surface area contributed by atoms with Crippen LogP contribution < -0.4 is 14.5 Å². The Balaban J connectivity index is 0.00000372. The second-order valence-electron chi connectivity index (χ2n) is 13.3. The number of nitrogens with zero attached hydrogens (tertiary/aromatic N) is 4. The molecule has 3 aromatic heterocycles. The molecule has 0 saturated carbocycles. The molecule has 0 spiro atoms. The smallest absolute Gasteiger partial charge is 0.140 e. The number of hydrogen-bond acceptors (Lipinski definition) is 5. The second-order valence-corrected chi connectivity index (χ2v) is 13.3. The van der Waals surface area contributed by atoms with Gasteiger partial charge in [0.05, 0.1) is 0 Å². The minimum absolute atomic E-state index is 0. The van der Waals surface area contributed by atoms with Gasteiger partial charge in [-0.05, 0) is 52.9 Å². The first-order valence-electron chi connectivity index (χ1n) is 17.9. The Hall–Kier alpha value is -6.62. The summed E-state index contributed by atoms with van der Waals surface area (Å²) in [6, 6.07) is 63.0. The molecule has 0 N–H and O–H groups in total. The zero-order chi connectivity index (χ0) is 35.6. The third-order valence-electron chi connectivity index (χ3n) is 10.1. The number of aromatic nitrogens is 2. The molecule has 266 valence electrons. The zero-order valence-corrected chi connectivity index (χ0v) is 31.4. The van der Waals surface area contributed by atoms with Crippen LogP contribution in [0, 0.1) is 18.8 Å². The van der Waals surface area contributed by atoms with Gasteiger partial charge >= 0.3 is 0 Å². The van der Waals surface area contributed by atoms with E-state index < -0.39 is 0 Å². The maximum Gasteiger partial charge on any atom is 0.140 e. The fourth-order valence-corrected chi connectivity index (χ4v) is 7.62. The number of pyridine rings is 1. The predicted octanol–water partition coefficient (Wildman–Crippen LogP) is 12.5. The molecule has 0 aliphatic carbocycles. The van der Waals surface area contributed by atoms with Crippen molar-refractivity contribution >= 4 is 66.5 Å². The van der Waals surface area contributed by atoms with Crippen molar-refractivity contribution in [3.63, 3.8) is 0 Å². The van der Waals surface area contributed by atoms with Crippen LogP contribution in [0.5, 0.6) is 11.5 Å². The number of fused-ring (bicyclic) bond motifs is 7. The van der Waals surface area contributed by atoms with Crippen LogP contribution in [0.4, 0.5) is 22.7 Å². The summed E-state index contributed by atoms with van der Waals surface area (Å²) in [6.45, 7) is 2.10. The standard InChI is InChI=1S/C48H29N4O2.Pt/c1-3-12-32(13-4-1)33-22-25-42-40(26-33)38-24-23-37(28-45(38)52(42)48-29-47-41(30-49-48)39-18-7-10-21-46(39)54-47)53-36-17-11-16-35(27-36)51-31-50(34-14-5-2-6-15-34)43-19-8-9-20-44(43)51;/h1-26,29-31H;/q-3;. The van der Waals surface area contributed by atoms with Gasteiger partial charge in [0.25, 0.3) is 0 Å². The van der Waals surface area contributed by atoms with Gasteiger partial charge in [0.2, 0.25) is 0 Å². The van der Waals surface area contributed by atoms with E-state index >= 15 is 0 Å². The Morgan fingerprint density at radius 1 is 0.545 bits per heavy atom. The van der Waals surface area contributed by atoms with Gasteiger partial charge in [-0.2, -0.15) is 12.1 Å². The van der Waals surface area contributed by atoms with Gasteiger partial charge in [-0.3, -0.25) is 0 Å². The second kappa shape index (κ2) is 13.3. The molecule has 10 aromatic rings. The van der Waals surface area contributed by atoms with E-state index in [-0.39, 0.29) is 21.1 Å². The molecule has 0 radical (unpaired) electrons. The minimum Gasteiger partial charge on any atom is -0.509 e. The van der Waals surface area contributed by atoms with Crippen molar-refractivity contribution in [3.05, 3.63) is 189 Å². The van der Waals surface area contributed by atoms with E-state index in [0.29, 0.717) is 11.5 Å². The summed E-state index contributed by atoms with van der Waals surface area (Å²) in [4.78, 5) is 9.33. The summed E-state index contributed by atoms with van der Waals surface area (Å²) in [5.74, 6) is 1.90. The van der Waals surface area contributed by atoms with E-state index in [1.54, 1.807) is 0 Å². The molecule has 6 nitrogen and oxygen atoms in total. The van der Waals surface area contributed by atoms with Gasteiger partial charge in [-0.15, -0.1) is 48.1 Å². The quantitative estimate of drug-likeness (QED) is 0.156. The average Bonchev–Trinajstić information content (AvgIpc) is 3.91. The van der Waals surface area contributed by atoms with Crippen LogP contribution >= 0.6 is 0 Å². The number of ether oxygens (including phenoxy) is 1. The fourth-order valence-electron chi connectivity index (χ4n) is 7.62. The van der Waals surface area contributed by atoms with Crippen molar-refractivity contribution in [1.29, 1.82) is 0 Å². The molecule has 11 rings (SSSR count). The minimum atomic E-state index is 0. The van der Waals surface area contributed by atoms with Crippen LogP contribution in [0.15, 0.2) is 174 Å². The monoisotopic (exact) mass is 888 g/mol. The molecular formula is C48H29N4O2Pt-3. The van der Waals surface area contributed by atoms with Crippen LogP contribution in [0.1, 0.15) is 0 Å². The van der Waals surface area contributed by atoms with Crippen LogP contribution in [-0.2, 0) is 21.1 Å². The van der Waals surface area contributed by atoms with Crippen LogP contribution in [0.2, 0.25) is 0 Å². The maximum absolute atomic E-state index is 6.56. The number of hydrogen-bond donors (Lipinski definition) is 0. The molecule has 0 amide bonds. The fraction of sp³-hybridized carbons (Fsp3) is 0. The van der Waals surface area contributed by atoms with E-state index in [9.17, 15) is 0 Å². The topological polar surface area (TPSA) is 46.7 Å². The van der Waals surface area contributed by atoms with E-state index in [4.69, 9.17) is 14.1 Å². The number of anilines is 4. The molecule has 4 heterocycles. The first-order chi connectivity index (χ1) is 26.7. The molecule has 0 bridgehead atoms. The Morgan fingerprint density at radius 3 is 2.15 bits per heavy atom. The van der Waals surface area contributed by atoms with Gasteiger partial charge < -0.3 is 23.5 Å². The Morgan fingerprint density at radius 2 is 1.29 bits per heavy atom. The molecule has 1 aliphatic heterocycles. The van der Waals surface area contributed by atoms with Crippen LogP contribution in [-0.4, -0.2) is 9.55 Å². The summed E-state index contributed by atoms with van der Waals surface area (Å²) in [7, 11) is 0. The maximum atomic E-state index is 6.56. The summed E-state index contributed by atoms with van der Waals surface area (Å²) in [6.07, 6.45) is 1.90. The van der Waals surface area contributed by atoms with Crippen molar-refractivity contribution in [2.24, 2.45) is 0 Å². The first kappa shape index (κ1) is 33.0. The molecule has 7 heteroatoms. The normalized spacial score (nSPS) is 12.4. The van der Waals surface area contributed by atoms with Crippen LogP contribution in [0.3, 0.4) is 0 Å². The number of rotatable bonds is 6. The van der Waals surface area contributed by atoms with Gasteiger partial charge in [0.1, 0.15) is 17.0 Å². The van der Waals surface area contributed by atoms with E-state index in [1.807, 2.05) is 66.9 Å². The molecule has 0 fully saturated rings. The number of benzene rings is 7. The summed E-state index contributed by atoms with van der Waals surface area (Å²) in [5, 5.41) is 4.17. The Bertz CT molecular complexity index is 3030. The molecule has 7 aromatic carbocycles. The van der Waals surface area contributed by atoms with Gasteiger partial charge in [-0.1, -0.05) is 96.5 Å². The van der Waals surface area contributed by atoms with E-state index in [0.717, 1.165) is 83.4 Å². The van der Waals surface area contributed by atoms with E-state index in [1.165, 1.54) is 0 Å². The predicted molar refractivity (Wildman–Crippen MR) is 217 cm³/mol. The summed E-state index contributed by atoms with van der Waals surface area (Å²) >= 11 is 0. The van der Waals surface area contributed by atoms with Gasteiger partial charge in [0.15, 0.2) is 0 Å². The zero-order valence-electron chi connectivity index (χ0n) is 29.2. The molecular weight excluding hydrogens is 860 g/mol. The van der Waals surface area contributed by atoms with Crippen molar-refractivity contribution in [3.8, 4) is 28.4 Å². The number of furan rings is 1. The third kappa shape index (κ3) is 5.57. The third-order valence-corrected chi connectivity index (χ3v) is 10.1. The average molecular weight is 889 g/mol. The number of para-hydroxylation sites is 4. The van der Waals surface area contributed by atoms with Crippen LogP contribution in [0.25, 0.3) is 60.7 Å². The van der Waals surface area contributed by atoms with Gasteiger partial charge in [-0.25, -0.2) is 4.98 Å². The molecule has 0 unspecified atom stereocenters. The Labute approximate surface area is 331 Å². The van der Waals surface area contributed by atoms with Crippen molar-refractivity contribution in [1.82, 2.24) is 9.55 Å². The summed E-state index contributed by atoms with van der Waals surface area (Å²) in [5.41, 5.74) is 9.90. The van der Waals surface area contributed by atoms with E-state index in [2.05, 4.69) is 136 Å². The molecule has 55 heavy (non-hydrogen) atoms. The molecule has 0 atom stereocenters. The van der Waals surface area contributed by atoms with Gasteiger partial charge in [0, 0.05) is 78.2 Å². The SMILES string of the molecule is [Pt].[c-]1c(Oc2[c-]c3c(cc2)c2cc(-c4ccccc4)ccc2n3-c2cc3oc4ccccc4c3cn2)cccc1N1[CH-]N(c2ccccc2)c2ccccc21. The van der Waals surface area contributed by atoms with Crippen molar-refractivity contribution in [2.75, 3.05) is 9.80 Å². The first-order valence-corrected chi connectivity index (χ1v) is 17.9. The Kier molecular flexibility index (Phi) is 8.00. The largest absolute Gasteiger partial charge is 0.509 e. The summed E-state index contributed by atoms with van der Waals surface area (Å²) < 4.78 is 15.0. The molecule has 0 saturated heterocycles. The molecule has 1 aliphatic rings. The van der Waals surface area contributed by atoms with Crippen molar-refractivity contribution in [2.45, 2.75) is 0 Å².